The average Bonchev–Trinajstić information content (AvgIpc) is 3.04. The number of hydrogen-bond acceptors (Lipinski definition) is 6. The van der Waals surface area contributed by atoms with Crippen LogP contribution in [-0.4, -0.2) is 50.2 Å². The van der Waals surface area contributed by atoms with E-state index in [0.29, 0.717) is 23.8 Å². The molecule has 1 aromatic carbocycles. The second kappa shape index (κ2) is 7.84. The van der Waals surface area contributed by atoms with Gasteiger partial charge in [0.25, 0.3) is 5.69 Å². The molecule has 1 aliphatic rings. The van der Waals surface area contributed by atoms with E-state index in [2.05, 4.69) is 10.2 Å². The number of hydrogen-bond donors (Lipinski definition) is 1. The third-order valence-corrected chi connectivity index (χ3v) is 3.82. The van der Waals surface area contributed by atoms with Crippen LogP contribution in [0.4, 0.5) is 11.4 Å². The van der Waals surface area contributed by atoms with E-state index in [0.717, 1.165) is 26.1 Å². The summed E-state index contributed by atoms with van der Waals surface area (Å²) in [6.07, 6.45) is 3.43. The monoisotopic (exact) mass is 309 g/mol. The van der Waals surface area contributed by atoms with E-state index in [1.54, 1.807) is 13.1 Å². The van der Waals surface area contributed by atoms with Crippen LogP contribution in [0.3, 0.4) is 0 Å². The van der Waals surface area contributed by atoms with Gasteiger partial charge in [-0.2, -0.15) is 0 Å². The first-order valence-corrected chi connectivity index (χ1v) is 7.55. The Hall–Kier alpha value is -2.02. The van der Waals surface area contributed by atoms with Crippen LogP contribution in [0, 0.1) is 10.1 Å². The summed E-state index contributed by atoms with van der Waals surface area (Å²) in [5, 5.41) is 13.9. The highest BCUT2D eigenvalue weighted by Crippen LogP contribution is 2.37. The molecule has 0 saturated carbocycles. The number of anilines is 1. The van der Waals surface area contributed by atoms with Gasteiger partial charge < -0.3 is 19.7 Å². The fourth-order valence-electron chi connectivity index (χ4n) is 2.65. The predicted molar refractivity (Wildman–Crippen MR) is 85.0 cm³/mol. The van der Waals surface area contributed by atoms with Crippen LogP contribution in [0.15, 0.2) is 12.1 Å². The highest BCUT2D eigenvalue weighted by atomic mass is 16.6. The Bertz CT molecular complexity index is 516. The molecule has 0 radical (unpaired) electrons. The van der Waals surface area contributed by atoms with Gasteiger partial charge in [-0.3, -0.25) is 10.1 Å². The van der Waals surface area contributed by atoms with Crippen molar-refractivity contribution in [1.82, 2.24) is 4.90 Å². The lowest BCUT2D eigenvalue weighted by molar-refractivity contribution is -0.384. The molecule has 1 N–H and O–H groups in total. The van der Waals surface area contributed by atoms with Crippen molar-refractivity contribution in [1.29, 1.82) is 0 Å². The largest absolute Gasteiger partial charge is 0.493 e. The van der Waals surface area contributed by atoms with Crippen LogP contribution in [0.25, 0.3) is 0 Å². The first kappa shape index (κ1) is 16.4. The van der Waals surface area contributed by atoms with Gasteiger partial charge in [0.2, 0.25) is 0 Å². The van der Waals surface area contributed by atoms with Crippen LogP contribution in [0.1, 0.15) is 19.3 Å². The first-order valence-electron chi connectivity index (χ1n) is 7.55. The minimum absolute atomic E-state index is 0.0159. The zero-order chi connectivity index (χ0) is 15.9. The van der Waals surface area contributed by atoms with Gasteiger partial charge in [-0.05, 0) is 32.4 Å². The number of methoxy groups -OCH3 is 1. The van der Waals surface area contributed by atoms with Gasteiger partial charge in [0, 0.05) is 19.7 Å². The van der Waals surface area contributed by atoms with Gasteiger partial charge >= 0.3 is 0 Å². The Labute approximate surface area is 130 Å². The third kappa shape index (κ3) is 4.00. The second-order valence-corrected chi connectivity index (χ2v) is 5.28. The summed E-state index contributed by atoms with van der Waals surface area (Å²) in [7, 11) is 3.16. The molecular weight excluding hydrogens is 286 g/mol. The van der Waals surface area contributed by atoms with Crippen LogP contribution in [0.2, 0.25) is 0 Å². The lowest BCUT2D eigenvalue weighted by Gasteiger charge is -2.16. The molecule has 1 aliphatic heterocycles. The predicted octanol–water partition coefficient (Wildman–Crippen LogP) is 2.51. The van der Waals surface area contributed by atoms with Crippen molar-refractivity contribution in [3.05, 3.63) is 22.2 Å². The Balaban J connectivity index is 1.98. The van der Waals surface area contributed by atoms with E-state index in [1.807, 2.05) is 0 Å². The summed E-state index contributed by atoms with van der Waals surface area (Å²) in [5.74, 6) is 0.908. The molecule has 1 saturated heterocycles. The van der Waals surface area contributed by atoms with Crippen molar-refractivity contribution in [3.8, 4) is 11.5 Å². The highest BCUT2D eigenvalue weighted by molar-refractivity contribution is 5.68. The summed E-state index contributed by atoms with van der Waals surface area (Å²) in [4.78, 5) is 13.1. The maximum absolute atomic E-state index is 11.1. The van der Waals surface area contributed by atoms with Gasteiger partial charge in [-0.1, -0.05) is 0 Å². The topological polar surface area (TPSA) is 76.9 Å². The molecule has 122 valence electrons. The van der Waals surface area contributed by atoms with Crippen molar-refractivity contribution in [2.75, 3.05) is 45.7 Å². The zero-order valence-corrected chi connectivity index (χ0v) is 13.1. The van der Waals surface area contributed by atoms with Crippen molar-refractivity contribution < 1.29 is 14.4 Å². The van der Waals surface area contributed by atoms with E-state index < -0.39 is 4.92 Å². The molecular formula is C15H23N3O4. The average molecular weight is 309 g/mol. The van der Waals surface area contributed by atoms with E-state index in [4.69, 9.17) is 9.47 Å². The van der Waals surface area contributed by atoms with E-state index in [-0.39, 0.29) is 5.69 Å². The molecule has 0 aromatic heterocycles. The third-order valence-electron chi connectivity index (χ3n) is 3.82. The maximum atomic E-state index is 11.1. The van der Waals surface area contributed by atoms with Crippen LogP contribution in [0.5, 0.6) is 11.5 Å². The maximum Gasteiger partial charge on any atom is 0.296 e. The number of rotatable bonds is 8. The molecule has 22 heavy (non-hydrogen) atoms. The molecule has 0 unspecified atom stereocenters. The molecule has 7 nitrogen and oxygen atoms in total. The lowest BCUT2D eigenvalue weighted by Crippen LogP contribution is -2.21. The fraction of sp³-hybridized carbons (Fsp3) is 0.600. The molecule has 0 amide bonds. The normalized spacial score (nSPS) is 14.8. The standard InChI is InChI=1S/C15H23N3O4/c1-16-12-10-14(21-2)15(11-13(12)18(19)20)22-9-5-8-17-6-3-4-7-17/h10-11,16H,3-9H2,1-2H3. The summed E-state index contributed by atoms with van der Waals surface area (Å²) < 4.78 is 10.9. The molecule has 0 aliphatic carbocycles. The fourth-order valence-corrected chi connectivity index (χ4v) is 2.65. The SMILES string of the molecule is CNc1cc(OC)c(OCCCN2CCCC2)cc1[N+](=O)[O-]. The van der Waals surface area contributed by atoms with E-state index in [9.17, 15) is 10.1 Å². The van der Waals surface area contributed by atoms with Gasteiger partial charge in [0.1, 0.15) is 5.69 Å². The van der Waals surface area contributed by atoms with Crippen LogP contribution < -0.4 is 14.8 Å². The minimum Gasteiger partial charge on any atom is -0.493 e. The van der Waals surface area contributed by atoms with Crippen LogP contribution in [-0.2, 0) is 0 Å². The number of ether oxygens (including phenoxy) is 2. The summed E-state index contributed by atoms with van der Waals surface area (Å²) in [5.41, 5.74) is 0.393. The lowest BCUT2D eigenvalue weighted by atomic mass is 10.2. The summed E-state index contributed by atoms with van der Waals surface area (Å²) in [6.45, 7) is 3.83. The van der Waals surface area contributed by atoms with Crippen molar-refractivity contribution in [2.45, 2.75) is 19.3 Å². The minimum atomic E-state index is -0.428. The second-order valence-electron chi connectivity index (χ2n) is 5.28. The number of benzene rings is 1. The first-order chi connectivity index (χ1) is 10.7. The zero-order valence-electron chi connectivity index (χ0n) is 13.1. The van der Waals surface area contributed by atoms with E-state index >= 15 is 0 Å². The number of nitro groups is 1. The van der Waals surface area contributed by atoms with Crippen molar-refractivity contribution >= 4 is 11.4 Å². The molecule has 7 heteroatoms. The Morgan fingerprint density at radius 1 is 1.32 bits per heavy atom. The summed E-state index contributed by atoms with van der Waals surface area (Å²) in [6, 6.07) is 3.01. The van der Waals surface area contributed by atoms with Gasteiger partial charge in [0.05, 0.1) is 24.7 Å². The molecule has 1 heterocycles. The molecule has 0 bridgehead atoms. The van der Waals surface area contributed by atoms with Gasteiger partial charge in [0.15, 0.2) is 11.5 Å². The van der Waals surface area contributed by atoms with Crippen LogP contribution >= 0.6 is 0 Å². The molecule has 0 spiro atoms. The quantitative estimate of drug-likeness (QED) is 0.452. The van der Waals surface area contributed by atoms with Crippen molar-refractivity contribution in [3.63, 3.8) is 0 Å². The molecule has 1 aromatic rings. The Morgan fingerprint density at radius 2 is 2.05 bits per heavy atom. The Morgan fingerprint density at radius 3 is 2.64 bits per heavy atom. The van der Waals surface area contributed by atoms with Gasteiger partial charge in [-0.15, -0.1) is 0 Å². The molecule has 0 atom stereocenters. The Kier molecular flexibility index (Phi) is 5.83. The number of nitrogens with one attached hydrogen (secondary N) is 1. The van der Waals surface area contributed by atoms with Crippen molar-refractivity contribution in [2.24, 2.45) is 0 Å². The number of nitrogens with zero attached hydrogens (tertiary/aromatic N) is 2. The van der Waals surface area contributed by atoms with Gasteiger partial charge in [-0.25, -0.2) is 0 Å². The molecule has 2 rings (SSSR count). The summed E-state index contributed by atoms with van der Waals surface area (Å²) >= 11 is 0. The highest BCUT2D eigenvalue weighted by Gasteiger charge is 2.19. The molecule has 1 fully saturated rings. The smallest absolute Gasteiger partial charge is 0.296 e. The number of nitro benzene ring substituents is 1. The number of likely N-dealkylation sites (tertiary alicyclic amines) is 1. The van der Waals surface area contributed by atoms with E-state index in [1.165, 1.54) is 26.0 Å².